The molecule has 2 atom stereocenters. The highest BCUT2D eigenvalue weighted by Crippen LogP contribution is 2.23. The van der Waals surface area contributed by atoms with Gasteiger partial charge in [0.15, 0.2) is 0 Å². The van der Waals surface area contributed by atoms with Crippen molar-refractivity contribution in [2.75, 3.05) is 14.2 Å². The van der Waals surface area contributed by atoms with Crippen molar-refractivity contribution < 1.29 is 71.9 Å². The molecular weight excluding hydrogens is 961 g/mol. The number of aryl methyl sites for hydroxylation is 6. The third-order valence-electron chi connectivity index (χ3n) is 10.2. The summed E-state index contributed by atoms with van der Waals surface area (Å²) < 4.78 is 24.9. The van der Waals surface area contributed by atoms with Gasteiger partial charge in [0.1, 0.15) is 34.6 Å². The molecule has 0 aromatic heterocycles. The molecule has 0 radical (unpaired) electrons. The molecule has 0 aliphatic carbocycles. The fourth-order valence-corrected chi connectivity index (χ4v) is 6.92. The van der Waals surface area contributed by atoms with Crippen LogP contribution in [0, 0.1) is 41.5 Å². The van der Waals surface area contributed by atoms with Gasteiger partial charge in [-0.3, -0.25) is 19.7 Å². The monoisotopic (exact) mass is 1030 g/mol. The van der Waals surface area contributed by atoms with Gasteiger partial charge in [0, 0.05) is 29.5 Å². The number of carboxylic acids is 1. The van der Waals surface area contributed by atoms with Crippen molar-refractivity contribution in [2.45, 2.75) is 146 Å². The lowest BCUT2D eigenvalue weighted by atomic mass is 9.94. The number of esters is 2. The topological polar surface area (TPSA) is 334 Å². The smallest absolute Gasteiger partial charge is 0.412 e. The molecule has 3 aromatic carbocycles. The molecule has 0 heterocycles. The predicted molar refractivity (Wildman–Crippen MR) is 276 cm³/mol. The van der Waals surface area contributed by atoms with Gasteiger partial charge in [-0.25, -0.2) is 28.8 Å². The Morgan fingerprint density at radius 3 is 1.12 bits per heavy atom. The highest BCUT2D eigenvalue weighted by molar-refractivity contribution is 5.98. The standard InChI is InChI=1S/C18H26N2O5.C18H24N2O5.C17H24N2O5/c2*1-10-7-12(15(19)21)8-11(2)13(10)9-14(16(22)24-6)20-17(23)25-18(3,4)5;1-9-6-11(14(18)20)7-10(2)12(9)8-13(15(21)22)19-16(23)24-17(3,4)5/h7-8,14H,9H2,1-6H3,(H2,19,21)(H,20,23);7-9H,1-6H3,(H2,19,21)(H,20,23);6-7,13H,8H2,1-5H3,(H2,18,20)(H,19,23)(H,21,22)/b;14-9-;/t14-;;13-/m0.0/s1. The van der Waals surface area contributed by atoms with Crippen LogP contribution in [0.25, 0.3) is 6.08 Å². The van der Waals surface area contributed by atoms with E-state index in [0.717, 1.165) is 44.5 Å². The van der Waals surface area contributed by atoms with E-state index in [9.17, 15) is 48.3 Å². The SMILES string of the molecule is COC(=O)/C(=C/c1c(C)cc(C(N)=O)cc1C)NC(=O)OC(C)(C)C.COC(=O)[C@H](Cc1c(C)cc(C(N)=O)cc1C)NC(=O)OC(C)(C)C.Cc1cc(C(N)=O)cc(C)c1C[C@H](NC(=O)OC(C)(C)C)C(=O)O. The predicted octanol–water partition coefficient (Wildman–Crippen LogP) is 6.37. The molecular formula is C53H74N6O15. The third-order valence-corrected chi connectivity index (χ3v) is 10.2. The fourth-order valence-electron chi connectivity index (χ4n) is 6.92. The van der Waals surface area contributed by atoms with E-state index in [0.29, 0.717) is 22.3 Å². The number of alkyl carbamates (subject to hydrolysis) is 3. The average molecular weight is 1040 g/mol. The summed E-state index contributed by atoms with van der Waals surface area (Å²) in [6.45, 7) is 26.1. The van der Waals surface area contributed by atoms with Crippen molar-refractivity contribution >= 4 is 60.0 Å². The molecule has 406 valence electrons. The van der Waals surface area contributed by atoms with E-state index in [4.69, 9.17) is 40.9 Å². The number of amides is 6. The molecule has 0 aliphatic rings. The molecule has 0 saturated carbocycles. The summed E-state index contributed by atoms with van der Waals surface area (Å²) in [7, 11) is 2.46. The molecule has 10 N–H and O–H groups in total. The Kier molecular flexibility index (Phi) is 23.5. The largest absolute Gasteiger partial charge is 0.480 e. The Morgan fingerprint density at radius 1 is 0.514 bits per heavy atom. The summed E-state index contributed by atoms with van der Waals surface area (Å²) in [5.41, 5.74) is 21.6. The number of nitrogens with one attached hydrogen (secondary N) is 3. The highest BCUT2D eigenvalue weighted by Gasteiger charge is 2.28. The van der Waals surface area contributed by atoms with Crippen molar-refractivity contribution in [3.05, 3.63) is 109 Å². The molecule has 3 aromatic rings. The number of hydrogen-bond acceptors (Lipinski definition) is 14. The Morgan fingerprint density at radius 2 is 0.824 bits per heavy atom. The quantitative estimate of drug-likeness (QED) is 0.0524. The van der Waals surface area contributed by atoms with E-state index in [1.165, 1.54) is 20.3 Å². The number of carbonyl (C=O) groups excluding carboxylic acids is 8. The number of primary amides is 3. The lowest BCUT2D eigenvalue weighted by Gasteiger charge is -2.23. The zero-order valence-corrected chi connectivity index (χ0v) is 45.5. The molecule has 6 amide bonds. The van der Waals surface area contributed by atoms with Gasteiger partial charge >= 0.3 is 36.2 Å². The van der Waals surface area contributed by atoms with E-state index >= 15 is 0 Å². The van der Waals surface area contributed by atoms with Crippen molar-refractivity contribution in [3.63, 3.8) is 0 Å². The Balaban J connectivity index is 0.000000555. The zero-order chi connectivity index (χ0) is 57.4. The molecule has 0 fully saturated rings. The molecule has 0 aliphatic heterocycles. The minimum absolute atomic E-state index is 0.0743. The van der Waals surface area contributed by atoms with E-state index in [-0.39, 0.29) is 18.5 Å². The summed E-state index contributed by atoms with van der Waals surface area (Å²) in [5, 5.41) is 16.7. The van der Waals surface area contributed by atoms with Crippen LogP contribution < -0.4 is 33.2 Å². The van der Waals surface area contributed by atoms with Crippen LogP contribution in [0.3, 0.4) is 0 Å². The van der Waals surface area contributed by atoms with E-state index in [2.05, 4.69) is 16.0 Å². The molecule has 0 spiro atoms. The summed E-state index contributed by atoms with van der Waals surface area (Å²) in [5.74, 6) is -4.07. The summed E-state index contributed by atoms with van der Waals surface area (Å²) in [6, 6.07) is 7.72. The van der Waals surface area contributed by atoms with Crippen LogP contribution >= 0.6 is 0 Å². The lowest BCUT2D eigenvalue weighted by Crippen LogP contribution is -2.45. The zero-order valence-electron chi connectivity index (χ0n) is 45.5. The van der Waals surface area contributed by atoms with Gasteiger partial charge < -0.3 is 56.6 Å². The first kappa shape index (κ1) is 64.0. The number of carboxylic acid groups (broad SMARTS) is 1. The van der Waals surface area contributed by atoms with E-state index in [1.807, 2.05) is 13.8 Å². The second-order valence-corrected chi connectivity index (χ2v) is 20.1. The molecule has 21 nitrogen and oxygen atoms in total. The van der Waals surface area contributed by atoms with Gasteiger partial charge in [-0.15, -0.1) is 0 Å². The number of aliphatic carboxylic acids is 1. The maximum absolute atomic E-state index is 12.0. The minimum Gasteiger partial charge on any atom is -0.480 e. The maximum atomic E-state index is 12.0. The van der Waals surface area contributed by atoms with Crippen molar-refractivity contribution in [3.8, 4) is 0 Å². The number of hydrogen-bond donors (Lipinski definition) is 7. The Bertz CT molecular complexity index is 2570. The van der Waals surface area contributed by atoms with Crippen LogP contribution in [0.2, 0.25) is 0 Å². The number of ether oxygens (including phenoxy) is 5. The van der Waals surface area contributed by atoms with E-state index < -0.39 is 82.8 Å². The lowest BCUT2D eigenvalue weighted by molar-refractivity contribution is -0.143. The van der Waals surface area contributed by atoms with Gasteiger partial charge in [-0.1, -0.05) is 0 Å². The summed E-state index contributed by atoms with van der Waals surface area (Å²) in [4.78, 5) is 105. The van der Waals surface area contributed by atoms with Gasteiger partial charge in [0.25, 0.3) is 0 Å². The van der Waals surface area contributed by atoms with Gasteiger partial charge in [0.2, 0.25) is 17.7 Å². The number of rotatable bonds is 14. The first-order valence-electron chi connectivity index (χ1n) is 23.1. The summed E-state index contributed by atoms with van der Waals surface area (Å²) >= 11 is 0. The fraction of sp³-hybridized carbons (Fsp3) is 0.453. The summed E-state index contributed by atoms with van der Waals surface area (Å²) in [6.07, 6.45) is -0.502. The van der Waals surface area contributed by atoms with Crippen LogP contribution in [0.4, 0.5) is 14.4 Å². The molecule has 21 heteroatoms. The number of methoxy groups -OCH3 is 2. The van der Waals surface area contributed by atoms with Crippen LogP contribution in [0.1, 0.15) is 143 Å². The maximum Gasteiger partial charge on any atom is 0.412 e. The Hall–Kier alpha value is -7.97. The second-order valence-electron chi connectivity index (χ2n) is 20.1. The Labute approximate surface area is 432 Å². The van der Waals surface area contributed by atoms with Crippen molar-refractivity contribution in [1.29, 1.82) is 0 Å². The minimum atomic E-state index is -1.17. The van der Waals surface area contributed by atoms with Crippen LogP contribution in [-0.4, -0.2) is 102 Å². The first-order valence-corrected chi connectivity index (χ1v) is 23.1. The molecule has 74 heavy (non-hydrogen) atoms. The van der Waals surface area contributed by atoms with E-state index in [1.54, 1.807) is 126 Å². The number of carbonyl (C=O) groups is 9. The highest BCUT2D eigenvalue weighted by atomic mass is 16.6. The van der Waals surface area contributed by atoms with Crippen LogP contribution in [-0.2, 0) is 50.9 Å². The van der Waals surface area contributed by atoms with Crippen LogP contribution in [0.5, 0.6) is 0 Å². The van der Waals surface area contributed by atoms with Crippen LogP contribution in [0.15, 0.2) is 42.1 Å². The second kappa shape index (κ2) is 27.2. The van der Waals surface area contributed by atoms with Crippen molar-refractivity contribution in [1.82, 2.24) is 16.0 Å². The molecule has 0 unspecified atom stereocenters. The molecule has 0 bridgehead atoms. The van der Waals surface area contributed by atoms with Gasteiger partial charge in [-0.05, 0) is 196 Å². The number of nitrogens with two attached hydrogens (primary N) is 3. The first-order chi connectivity index (χ1) is 33.8. The average Bonchev–Trinajstić information content (AvgIpc) is 3.23. The normalized spacial score (nSPS) is 12.1. The molecule has 0 saturated heterocycles. The number of benzene rings is 3. The van der Waals surface area contributed by atoms with Crippen molar-refractivity contribution in [2.24, 2.45) is 17.2 Å². The molecule has 3 rings (SSSR count). The van der Waals surface area contributed by atoms with Gasteiger partial charge in [-0.2, -0.15) is 0 Å². The van der Waals surface area contributed by atoms with Gasteiger partial charge in [0.05, 0.1) is 14.2 Å². The third kappa shape index (κ3) is 22.2.